The number of hydrogen-bond acceptors (Lipinski definition) is 7. The first-order valence-corrected chi connectivity index (χ1v) is 21.8. The molecule has 0 spiro atoms. The molecule has 4 fully saturated rings. The minimum atomic E-state index is -0.327. The summed E-state index contributed by atoms with van der Waals surface area (Å²) in [4.78, 5) is 50.2. The summed E-state index contributed by atoms with van der Waals surface area (Å²) in [6.07, 6.45) is 11.1. The third kappa shape index (κ3) is 12.3. The van der Waals surface area contributed by atoms with Crippen LogP contribution in [-0.4, -0.2) is 84.2 Å². The molecule has 57 heavy (non-hydrogen) atoms. The van der Waals surface area contributed by atoms with E-state index in [1.165, 1.54) is 19.3 Å². The standard InChI is InChI=1S/C48H68N6O3/c49-19-11-10-18-44(52(22-20-50)23-21-51)45(55)28-43(24-37-12-4-1-5-13-37)35-54(46(56)32-48-29-40-25-41(30-48)27-42(26-40)31-48)36-47(57)53(33-38-14-6-2-7-15-38)34-39-16-8-3-9-17-39/h1-9,12-17,40-44H,10-11,18-36,49-51H2/t40?,41?,42?,43-,44+,48?/m1/s1. The first kappa shape index (κ1) is 42.7. The fourth-order valence-electron chi connectivity index (χ4n) is 11.0. The van der Waals surface area contributed by atoms with Gasteiger partial charge in [-0.25, -0.2) is 0 Å². The van der Waals surface area contributed by atoms with E-state index in [-0.39, 0.29) is 41.5 Å². The number of benzene rings is 3. The van der Waals surface area contributed by atoms with Gasteiger partial charge in [0.05, 0.1) is 12.6 Å². The summed E-state index contributed by atoms with van der Waals surface area (Å²) < 4.78 is 0. The third-order valence-electron chi connectivity index (χ3n) is 13.1. The molecule has 308 valence electrons. The van der Waals surface area contributed by atoms with Crippen LogP contribution in [0.1, 0.15) is 87.3 Å². The van der Waals surface area contributed by atoms with E-state index in [0.717, 1.165) is 66.5 Å². The van der Waals surface area contributed by atoms with Gasteiger partial charge in [0.1, 0.15) is 5.78 Å². The summed E-state index contributed by atoms with van der Waals surface area (Å²) in [5, 5.41) is 0. The molecule has 3 aromatic rings. The van der Waals surface area contributed by atoms with Gasteiger partial charge in [-0.3, -0.25) is 19.3 Å². The van der Waals surface area contributed by atoms with E-state index in [2.05, 4.69) is 17.0 Å². The Kier molecular flexibility index (Phi) is 15.9. The fraction of sp³-hybridized carbons (Fsp3) is 0.562. The number of carbonyl (C=O) groups is 3. The largest absolute Gasteiger partial charge is 0.333 e. The van der Waals surface area contributed by atoms with Crippen LogP contribution in [0.5, 0.6) is 0 Å². The summed E-state index contributed by atoms with van der Waals surface area (Å²) in [6.45, 7) is 3.83. The van der Waals surface area contributed by atoms with Crippen LogP contribution >= 0.6 is 0 Å². The van der Waals surface area contributed by atoms with E-state index in [4.69, 9.17) is 17.2 Å². The second-order valence-electron chi connectivity index (χ2n) is 17.7. The van der Waals surface area contributed by atoms with E-state index in [1.807, 2.05) is 88.7 Å². The second-order valence-corrected chi connectivity index (χ2v) is 17.7. The van der Waals surface area contributed by atoms with Crippen LogP contribution in [-0.2, 0) is 33.9 Å². The minimum absolute atomic E-state index is 0.0171. The number of Topliss-reactive ketones (excluding diaryl/α,β-unsaturated/α-hetero) is 1. The molecule has 4 aliphatic carbocycles. The fourth-order valence-corrected chi connectivity index (χ4v) is 11.0. The molecule has 4 bridgehead atoms. The topological polar surface area (TPSA) is 139 Å². The van der Waals surface area contributed by atoms with E-state index >= 15 is 0 Å². The van der Waals surface area contributed by atoms with E-state index in [9.17, 15) is 14.4 Å². The second kappa shape index (κ2) is 21.2. The molecular formula is C48H68N6O3. The molecule has 0 heterocycles. The highest BCUT2D eigenvalue weighted by molar-refractivity contribution is 5.86. The maximum Gasteiger partial charge on any atom is 0.242 e. The number of amides is 2. The van der Waals surface area contributed by atoms with E-state index in [1.54, 1.807) is 0 Å². The quantitative estimate of drug-likeness (QED) is 0.0924. The first-order valence-electron chi connectivity index (χ1n) is 21.8. The molecule has 4 aliphatic rings. The van der Waals surface area contributed by atoms with Crippen molar-refractivity contribution < 1.29 is 14.4 Å². The van der Waals surface area contributed by atoms with Gasteiger partial charge >= 0.3 is 0 Å². The lowest BCUT2D eigenvalue weighted by Gasteiger charge is -2.57. The number of nitrogens with two attached hydrogens (primary N) is 3. The van der Waals surface area contributed by atoms with Crippen LogP contribution in [0.2, 0.25) is 0 Å². The van der Waals surface area contributed by atoms with Gasteiger partial charge in [0, 0.05) is 58.7 Å². The lowest BCUT2D eigenvalue weighted by atomic mass is 9.49. The lowest BCUT2D eigenvalue weighted by Crippen LogP contribution is -2.51. The Balaban J connectivity index is 1.29. The molecule has 6 N–H and O–H groups in total. The maximum atomic E-state index is 15.0. The van der Waals surface area contributed by atoms with Crippen LogP contribution < -0.4 is 17.2 Å². The van der Waals surface area contributed by atoms with E-state index < -0.39 is 0 Å². The molecule has 0 unspecified atom stereocenters. The Morgan fingerprint density at radius 1 is 0.632 bits per heavy atom. The number of nitrogens with zero attached hydrogens (tertiary/aromatic N) is 3. The van der Waals surface area contributed by atoms with Crippen molar-refractivity contribution in [3.05, 3.63) is 108 Å². The van der Waals surface area contributed by atoms with Gasteiger partial charge in [0.2, 0.25) is 11.8 Å². The molecule has 0 aromatic heterocycles. The molecule has 0 radical (unpaired) electrons. The summed E-state index contributed by atoms with van der Waals surface area (Å²) >= 11 is 0. The van der Waals surface area contributed by atoms with Gasteiger partial charge in [0.15, 0.2) is 0 Å². The van der Waals surface area contributed by atoms with Gasteiger partial charge in [-0.15, -0.1) is 0 Å². The zero-order valence-electron chi connectivity index (χ0n) is 34.2. The molecular weight excluding hydrogens is 709 g/mol. The zero-order chi connectivity index (χ0) is 40.0. The van der Waals surface area contributed by atoms with Gasteiger partial charge in [-0.2, -0.15) is 0 Å². The average molecular weight is 777 g/mol. The van der Waals surface area contributed by atoms with Crippen LogP contribution in [0.25, 0.3) is 0 Å². The van der Waals surface area contributed by atoms with Crippen molar-refractivity contribution in [3.63, 3.8) is 0 Å². The molecule has 9 nitrogen and oxygen atoms in total. The molecule has 2 amide bonds. The molecule has 3 aromatic carbocycles. The summed E-state index contributed by atoms with van der Waals surface area (Å²) in [6, 6.07) is 30.1. The number of unbranched alkanes of at least 4 members (excludes halogenated alkanes) is 1. The summed E-state index contributed by atoms with van der Waals surface area (Å²) in [5.74, 6) is 2.09. The maximum absolute atomic E-state index is 15.0. The van der Waals surface area contributed by atoms with Crippen molar-refractivity contribution in [2.24, 2.45) is 46.3 Å². The van der Waals surface area contributed by atoms with E-state index in [0.29, 0.717) is 78.0 Å². The molecule has 9 heteroatoms. The normalized spacial score (nSPS) is 22.0. The predicted molar refractivity (Wildman–Crippen MR) is 229 cm³/mol. The molecule has 0 saturated heterocycles. The Labute approximate surface area is 341 Å². The Bertz CT molecular complexity index is 1610. The van der Waals surface area contributed by atoms with Crippen LogP contribution in [0.15, 0.2) is 91.0 Å². The van der Waals surface area contributed by atoms with Crippen LogP contribution in [0, 0.1) is 29.1 Å². The van der Waals surface area contributed by atoms with Crippen molar-refractivity contribution in [1.82, 2.24) is 14.7 Å². The van der Waals surface area contributed by atoms with Gasteiger partial charge < -0.3 is 27.0 Å². The molecule has 0 aliphatic heterocycles. The van der Waals surface area contributed by atoms with Gasteiger partial charge in [0.25, 0.3) is 0 Å². The first-order chi connectivity index (χ1) is 27.8. The van der Waals surface area contributed by atoms with Crippen molar-refractivity contribution in [2.75, 3.05) is 45.8 Å². The van der Waals surface area contributed by atoms with Gasteiger partial charge in [-0.05, 0) is 110 Å². The summed E-state index contributed by atoms with van der Waals surface area (Å²) in [7, 11) is 0. The highest BCUT2D eigenvalue weighted by Gasteiger charge is 2.52. The molecule has 2 atom stereocenters. The third-order valence-corrected chi connectivity index (χ3v) is 13.1. The van der Waals surface area contributed by atoms with Crippen molar-refractivity contribution in [2.45, 2.75) is 96.2 Å². The summed E-state index contributed by atoms with van der Waals surface area (Å²) in [5.41, 5.74) is 21.2. The average Bonchev–Trinajstić information content (AvgIpc) is 3.19. The predicted octanol–water partition coefficient (Wildman–Crippen LogP) is 6.19. The van der Waals surface area contributed by atoms with Crippen LogP contribution in [0.3, 0.4) is 0 Å². The van der Waals surface area contributed by atoms with Crippen LogP contribution in [0.4, 0.5) is 0 Å². The zero-order valence-corrected chi connectivity index (χ0v) is 34.2. The van der Waals surface area contributed by atoms with Gasteiger partial charge in [-0.1, -0.05) is 97.4 Å². The monoisotopic (exact) mass is 777 g/mol. The highest BCUT2D eigenvalue weighted by Crippen LogP contribution is 2.61. The van der Waals surface area contributed by atoms with Crippen molar-refractivity contribution >= 4 is 17.6 Å². The number of carbonyl (C=O) groups excluding carboxylic acids is 3. The molecule has 4 saturated carbocycles. The number of rotatable bonds is 24. The smallest absolute Gasteiger partial charge is 0.242 e. The Morgan fingerprint density at radius 2 is 1.14 bits per heavy atom. The number of hydrogen-bond donors (Lipinski definition) is 3. The Hall–Kier alpha value is -3.89. The van der Waals surface area contributed by atoms with Crippen molar-refractivity contribution in [3.8, 4) is 0 Å². The highest BCUT2D eigenvalue weighted by atomic mass is 16.2. The number of ketones is 1. The Morgan fingerprint density at radius 3 is 1.63 bits per heavy atom. The molecule has 7 rings (SSSR count). The minimum Gasteiger partial charge on any atom is -0.333 e. The van der Waals surface area contributed by atoms with Crippen molar-refractivity contribution in [1.29, 1.82) is 0 Å². The SMILES string of the molecule is NCCCC[C@@H](C(=O)C[C@@H](Cc1ccccc1)CN(CC(=O)N(Cc1ccccc1)Cc1ccccc1)C(=O)CC12CC3CC(CC(C3)C1)C2)N(CCN)CCN. The lowest BCUT2D eigenvalue weighted by molar-refractivity contribution is -0.146.